The van der Waals surface area contributed by atoms with Crippen molar-refractivity contribution in [2.75, 3.05) is 13.2 Å². The third-order valence-electron chi connectivity index (χ3n) is 0.697. The van der Waals surface area contributed by atoms with Crippen molar-refractivity contribution in [2.45, 2.75) is 26.7 Å². The molecule has 0 radical (unpaired) electrons. The molecule has 0 amide bonds. The molecule has 0 aromatic rings. The van der Waals surface area contributed by atoms with Crippen LogP contribution in [0.4, 0.5) is 0 Å². The molecule has 0 unspecified atom stereocenters. The molecule has 0 bridgehead atoms. The summed E-state index contributed by atoms with van der Waals surface area (Å²) >= 11 is 0. The topological polar surface area (TPSA) is 9.23 Å². The molecule has 9 heavy (non-hydrogen) atoms. The van der Waals surface area contributed by atoms with Crippen LogP contribution < -0.4 is 59.1 Å². The SMILES string of the molecule is CCCOCCC.[H-].[H-].[Na+].[Na+]. The molecule has 0 aliphatic heterocycles. The molecule has 3 heteroatoms. The largest absolute Gasteiger partial charge is 1.00 e. The number of hydrogen-bond acceptors (Lipinski definition) is 1. The third-order valence-corrected chi connectivity index (χ3v) is 0.697. The fraction of sp³-hybridized carbons (Fsp3) is 1.00. The minimum Gasteiger partial charge on any atom is -1.00 e. The molecule has 0 aliphatic rings. The van der Waals surface area contributed by atoms with Crippen LogP contribution in [0, 0.1) is 0 Å². The van der Waals surface area contributed by atoms with Crippen LogP contribution in [0.15, 0.2) is 0 Å². The monoisotopic (exact) mass is 150 g/mol. The molecular formula is C6H16Na2O. The van der Waals surface area contributed by atoms with Gasteiger partial charge in [0, 0.05) is 13.2 Å². The van der Waals surface area contributed by atoms with E-state index in [0.717, 1.165) is 26.1 Å². The summed E-state index contributed by atoms with van der Waals surface area (Å²) < 4.78 is 5.13. The van der Waals surface area contributed by atoms with E-state index in [9.17, 15) is 0 Å². The molecule has 0 fully saturated rings. The zero-order chi connectivity index (χ0) is 5.54. The molecule has 48 valence electrons. The van der Waals surface area contributed by atoms with E-state index in [1.54, 1.807) is 0 Å². The van der Waals surface area contributed by atoms with E-state index in [2.05, 4.69) is 13.8 Å². The van der Waals surface area contributed by atoms with E-state index in [1.807, 2.05) is 0 Å². The van der Waals surface area contributed by atoms with Gasteiger partial charge >= 0.3 is 59.1 Å². The molecule has 0 spiro atoms. The maximum atomic E-state index is 5.13. The van der Waals surface area contributed by atoms with Crippen LogP contribution in [0.25, 0.3) is 0 Å². The summed E-state index contributed by atoms with van der Waals surface area (Å²) in [4.78, 5) is 0. The van der Waals surface area contributed by atoms with Gasteiger partial charge in [-0.1, -0.05) is 13.8 Å². The van der Waals surface area contributed by atoms with Gasteiger partial charge in [0.2, 0.25) is 0 Å². The Morgan fingerprint density at radius 2 is 1.33 bits per heavy atom. The minimum atomic E-state index is 0. The van der Waals surface area contributed by atoms with Crippen molar-refractivity contribution in [1.29, 1.82) is 0 Å². The first kappa shape index (κ1) is 17.2. The predicted octanol–water partition coefficient (Wildman–Crippen LogP) is -3.94. The first-order chi connectivity index (χ1) is 3.41. The first-order valence-corrected chi connectivity index (χ1v) is 2.99. The van der Waals surface area contributed by atoms with E-state index in [1.165, 1.54) is 0 Å². The Bertz CT molecular complexity index is 37.8. The molecule has 0 N–H and O–H groups in total. The van der Waals surface area contributed by atoms with Gasteiger partial charge in [-0.05, 0) is 12.8 Å². The van der Waals surface area contributed by atoms with Crippen LogP contribution in [0.2, 0.25) is 0 Å². The summed E-state index contributed by atoms with van der Waals surface area (Å²) in [6.45, 7) is 6.09. The van der Waals surface area contributed by atoms with E-state index < -0.39 is 0 Å². The molecule has 0 saturated heterocycles. The molecule has 0 atom stereocenters. The van der Waals surface area contributed by atoms with E-state index in [-0.39, 0.29) is 62.0 Å². The number of ether oxygens (including phenoxy) is 1. The third kappa shape index (κ3) is 17.8. The van der Waals surface area contributed by atoms with Crippen molar-refractivity contribution in [1.82, 2.24) is 0 Å². The second-order valence-corrected chi connectivity index (χ2v) is 1.61. The summed E-state index contributed by atoms with van der Waals surface area (Å²) in [6.07, 6.45) is 2.28. The maximum absolute atomic E-state index is 5.13. The van der Waals surface area contributed by atoms with Crippen molar-refractivity contribution < 1.29 is 66.7 Å². The van der Waals surface area contributed by atoms with E-state index >= 15 is 0 Å². The van der Waals surface area contributed by atoms with Crippen molar-refractivity contribution in [3.05, 3.63) is 0 Å². The molecule has 0 aromatic heterocycles. The van der Waals surface area contributed by atoms with Gasteiger partial charge in [0.15, 0.2) is 0 Å². The summed E-state index contributed by atoms with van der Waals surface area (Å²) in [5.41, 5.74) is 0. The summed E-state index contributed by atoms with van der Waals surface area (Å²) in [5.74, 6) is 0. The summed E-state index contributed by atoms with van der Waals surface area (Å²) in [5, 5.41) is 0. The number of rotatable bonds is 4. The second-order valence-electron chi connectivity index (χ2n) is 1.61. The van der Waals surface area contributed by atoms with Crippen LogP contribution in [0.5, 0.6) is 0 Å². The van der Waals surface area contributed by atoms with E-state index in [4.69, 9.17) is 4.74 Å². The van der Waals surface area contributed by atoms with Crippen molar-refractivity contribution >= 4 is 0 Å². The van der Waals surface area contributed by atoms with Gasteiger partial charge in [-0.25, -0.2) is 0 Å². The van der Waals surface area contributed by atoms with Crippen LogP contribution in [-0.4, -0.2) is 13.2 Å². The quantitative estimate of drug-likeness (QED) is 0.294. The molecule has 0 heterocycles. The molecule has 0 rings (SSSR count). The van der Waals surface area contributed by atoms with Gasteiger partial charge in [-0.3, -0.25) is 0 Å². The fourth-order valence-electron chi connectivity index (χ4n) is 0.391. The zero-order valence-electron chi connectivity index (χ0n) is 9.24. The van der Waals surface area contributed by atoms with Crippen LogP contribution in [0.1, 0.15) is 29.5 Å². The molecular weight excluding hydrogens is 134 g/mol. The Labute approximate surface area is 105 Å². The normalized spacial score (nSPS) is 7.33. The molecule has 1 nitrogen and oxygen atoms in total. The maximum Gasteiger partial charge on any atom is 1.00 e. The van der Waals surface area contributed by atoms with E-state index in [0.29, 0.717) is 0 Å². The summed E-state index contributed by atoms with van der Waals surface area (Å²) in [6, 6.07) is 0. The smallest absolute Gasteiger partial charge is 1.00 e. The average molecular weight is 150 g/mol. The van der Waals surface area contributed by atoms with Crippen LogP contribution in [-0.2, 0) is 4.74 Å². The van der Waals surface area contributed by atoms with Gasteiger partial charge in [-0.15, -0.1) is 0 Å². The first-order valence-electron chi connectivity index (χ1n) is 2.99. The van der Waals surface area contributed by atoms with Gasteiger partial charge in [0.1, 0.15) is 0 Å². The van der Waals surface area contributed by atoms with Crippen molar-refractivity contribution in [2.24, 2.45) is 0 Å². The average Bonchev–Trinajstić information content (AvgIpc) is 1.69. The molecule has 0 saturated carbocycles. The molecule has 0 aromatic carbocycles. The Morgan fingerprint density at radius 3 is 1.56 bits per heavy atom. The zero-order valence-corrected chi connectivity index (χ0v) is 11.2. The van der Waals surface area contributed by atoms with Gasteiger partial charge in [0.25, 0.3) is 0 Å². The van der Waals surface area contributed by atoms with Crippen LogP contribution >= 0.6 is 0 Å². The van der Waals surface area contributed by atoms with Gasteiger partial charge in [0.05, 0.1) is 0 Å². The second kappa shape index (κ2) is 16.5. The van der Waals surface area contributed by atoms with Gasteiger partial charge < -0.3 is 7.59 Å². The van der Waals surface area contributed by atoms with Crippen molar-refractivity contribution in [3.8, 4) is 0 Å². The minimum absolute atomic E-state index is 0. The Hall–Kier alpha value is 1.96. The Balaban J connectivity index is -0.0000000300. The van der Waals surface area contributed by atoms with Crippen LogP contribution in [0.3, 0.4) is 0 Å². The summed E-state index contributed by atoms with van der Waals surface area (Å²) in [7, 11) is 0. The van der Waals surface area contributed by atoms with Gasteiger partial charge in [-0.2, -0.15) is 0 Å². The van der Waals surface area contributed by atoms with Crippen molar-refractivity contribution in [3.63, 3.8) is 0 Å². The fourth-order valence-corrected chi connectivity index (χ4v) is 0.391. The number of hydrogen-bond donors (Lipinski definition) is 0. The Morgan fingerprint density at radius 1 is 1.00 bits per heavy atom. The Kier molecular flexibility index (Phi) is 31.5. The standard InChI is InChI=1S/C6H14O.2Na.2H/c1-3-5-7-6-4-2;;;;/h3-6H2,1-2H3;;;;/q;2*+1;2*-1. The predicted molar refractivity (Wildman–Crippen MR) is 33.6 cm³/mol. The molecule has 0 aliphatic carbocycles.